The topological polar surface area (TPSA) is 55.8 Å². The summed E-state index contributed by atoms with van der Waals surface area (Å²) in [6.07, 6.45) is 1.92. The van der Waals surface area contributed by atoms with E-state index in [-0.39, 0.29) is 24.5 Å². The minimum absolute atomic E-state index is 0.0180. The molecule has 0 bridgehead atoms. The standard InChI is InChI=1S/C20H32ClN3O2/c1-15(2)24(13-16(3)25)14-20(26)22-12-19(23-10-6-7-11-23)17-8-4-5-9-18(17)21/h4-5,8-9,15-16,19,25H,6-7,10-14H2,1-3H3,(H,22,26). The van der Waals surface area contributed by atoms with Gasteiger partial charge in [0.25, 0.3) is 0 Å². The highest BCUT2D eigenvalue weighted by atomic mass is 35.5. The van der Waals surface area contributed by atoms with E-state index >= 15 is 0 Å². The molecule has 0 saturated carbocycles. The van der Waals surface area contributed by atoms with E-state index in [4.69, 9.17) is 11.6 Å². The van der Waals surface area contributed by atoms with Crippen LogP contribution in [0.5, 0.6) is 0 Å². The lowest BCUT2D eigenvalue weighted by atomic mass is 10.1. The molecular weight excluding hydrogens is 350 g/mol. The maximum absolute atomic E-state index is 12.5. The second kappa shape index (κ2) is 10.3. The summed E-state index contributed by atoms with van der Waals surface area (Å²) in [6, 6.07) is 8.18. The van der Waals surface area contributed by atoms with Gasteiger partial charge in [-0.2, -0.15) is 0 Å². The van der Waals surface area contributed by atoms with Crippen molar-refractivity contribution in [2.24, 2.45) is 0 Å². The van der Waals surface area contributed by atoms with E-state index < -0.39 is 6.10 Å². The minimum atomic E-state index is -0.453. The van der Waals surface area contributed by atoms with Gasteiger partial charge in [0, 0.05) is 24.2 Å². The smallest absolute Gasteiger partial charge is 0.234 e. The number of likely N-dealkylation sites (tertiary alicyclic amines) is 1. The Hall–Kier alpha value is -1.14. The molecule has 0 aliphatic carbocycles. The van der Waals surface area contributed by atoms with Gasteiger partial charge in [-0.1, -0.05) is 29.8 Å². The molecule has 1 aliphatic rings. The van der Waals surface area contributed by atoms with Crippen LogP contribution in [0.15, 0.2) is 24.3 Å². The van der Waals surface area contributed by atoms with Crippen molar-refractivity contribution >= 4 is 17.5 Å². The Kier molecular flexibility index (Phi) is 8.35. The quantitative estimate of drug-likeness (QED) is 0.690. The first-order valence-corrected chi connectivity index (χ1v) is 9.93. The van der Waals surface area contributed by atoms with Gasteiger partial charge in [-0.15, -0.1) is 0 Å². The highest BCUT2D eigenvalue weighted by molar-refractivity contribution is 6.31. The zero-order chi connectivity index (χ0) is 19.1. The molecule has 1 amide bonds. The van der Waals surface area contributed by atoms with Crippen LogP contribution >= 0.6 is 11.6 Å². The van der Waals surface area contributed by atoms with Crippen molar-refractivity contribution < 1.29 is 9.90 Å². The third-order valence-electron chi connectivity index (χ3n) is 4.91. The van der Waals surface area contributed by atoms with Crippen LogP contribution in [0.2, 0.25) is 5.02 Å². The first-order valence-electron chi connectivity index (χ1n) is 9.55. The lowest BCUT2D eigenvalue weighted by Gasteiger charge is -2.30. The van der Waals surface area contributed by atoms with Gasteiger partial charge in [-0.05, 0) is 58.3 Å². The maximum Gasteiger partial charge on any atom is 0.234 e. The molecule has 1 aromatic rings. The Balaban J connectivity index is 2.00. The fourth-order valence-corrected chi connectivity index (χ4v) is 3.74. The molecule has 146 valence electrons. The van der Waals surface area contributed by atoms with Crippen LogP contribution in [-0.2, 0) is 4.79 Å². The average molecular weight is 382 g/mol. The summed E-state index contributed by atoms with van der Waals surface area (Å²) in [5.74, 6) is -0.0180. The number of hydrogen-bond acceptors (Lipinski definition) is 4. The van der Waals surface area contributed by atoms with Crippen LogP contribution < -0.4 is 5.32 Å². The van der Waals surface area contributed by atoms with Crippen molar-refractivity contribution in [2.75, 3.05) is 32.7 Å². The molecule has 0 radical (unpaired) electrons. The summed E-state index contributed by atoms with van der Waals surface area (Å²) >= 11 is 6.42. The van der Waals surface area contributed by atoms with E-state index in [9.17, 15) is 9.90 Å². The van der Waals surface area contributed by atoms with Gasteiger partial charge in [0.2, 0.25) is 5.91 Å². The molecule has 2 atom stereocenters. The number of carbonyl (C=O) groups is 1. The number of aliphatic hydroxyl groups is 1. The molecule has 2 N–H and O–H groups in total. The van der Waals surface area contributed by atoms with Gasteiger partial charge < -0.3 is 10.4 Å². The molecule has 2 rings (SSSR count). The van der Waals surface area contributed by atoms with Gasteiger partial charge >= 0.3 is 0 Å². The first kappa shape index (κ1) is 21.2. The molecule has 1 aromatic carbocycles. The summed E-state index contributed by atoms with van der Waals surface area (Å²) in [7, 11) is 0. The number of rotatable bonds is 9. The van der Waals surface area contributed by atoms with Crippen molar-refractivity contribution in [3.05, 3.63) is 34.9 Å². The molecule has 5 nitrogen and oxygen atoms in total. The van der Waals surface area contributed by atoms with Crippen LogP contribution in [0.4, 0.5) is 0 Å². The Morgan fingerprint density at radius 1 is 1.27 bits per heavy atom. The molecular formula is C20H32ClN3O2. The lowest BCUT2D eigenvalue weighted by Crippen LogP contribution is -2.45. The van der Waals surface area contributed by atoms with E-state index in [2.05, 4.69) is 10.2 Å². The Morgan fingerprint density at radius 2 is 1.92 bits per heavy atom. The van der Waals surface area contributed by atoms with E-state index in [1.807, 2.05) is 43.0 Å². The third kappa shape index (κ3) is 6.23. The van der Waals surface area contributed by atoms with Gasteiger partial charge in [0.15, 0.2) is 0 Å². The van der Waals surface area contributed by atoms with Crippen molar-refractivity contribution in [2.45, 2.75) is 51.8 Å². The predicted molar refractivity (Wildman–Crippen MR) is 106 cm³/mol. The number of amides is 1. The number of nitrogens with zero attached hydrogens (tertiary/aromatic N) is 2. The van der Waals surface area contributed by atoms with Gasteiger partial charge in [-0.3, -0.25) is 14.6 Å². The number of benzene rings is 1. The number of hydrogen-bond donors (Lipinski definition) is 2. The molecule has 0 spiro atoms. The monoisotopic (exact) mass is 381 g/mol. The van der Waals surface area contributed by atoms with Crippen LogP contribution in [0.25, 0.3) is 0 Å². The summed E-state index contributed by atoms with van der Waals surface area (Å²) in [5, 5.41) is 13.5. The highest BCUT2D eigenvalue weighted by Crippen LogP contribution is 2.29. The van der Waals surface area contributed by atoms with Crippen LogP contribution in [0, 0.1) is 0 Å². The number of carbonyl (C=O) groups excluding carboxylic acids is 1. The fraction of sp³-hybridized carbons (Fsp3) is 0.650. The van der Waals surface area contributed by atoms with E-state index in [0.29, 0.717) is 13.1 Å². The minimum Gasteiger partial charge on any atom is -0.392 e. The molecule has 26 heavy (non-hydrogen) atoms. The SMILES string of the molecule is CC(O)CN(CC(=O)NCC(c1ccccc1Cl)N1CCCC1)C(C)C. The second-order valence-electron chi connectivity index (χ2n) is 7.46. The van der Waals surface area contributed by atoms with Gasteiger partial charge in [0.1, 0.15) is 0 Å². The largest absolute Gasteiger partial charge is 0.392 e. The summed E-state index contributed by atoms with van der Waals surface area (Å²) in [6.45, 7) is 9.21. The summed E-state index contributed by atoms with van der Waals surface area (Å²) in [5.41, 5.74) is 1.07. The Bertz CT molecular complexity index is 574. The highest BCUT2D eigenvalue weighted by Gasteiger charge is 2.26. The van der Waals surface area contributed by atoms with E-state index in [0.717, 1.165) is 23.7 Å². The van der Waals surface area contributed by atoms with Gasteiger partial charge in [-0.25, -0.2) is 0 Å². The van der Waals surface area contributed by atoms with E-state index in [1.165, 1.54) is 12.8 Å². The maximum atomic E-state index is 12.5. The molecule has 2 unspecified atom stereocenters. The summed E-state index contributed by atoms with van der Waals surface area (Å²) in [4.78, 5) is 16.9. The van der Waals surface area contributed by atoms with Crippen molar-refractivity contribution in [1.29, 1.82) is 0 Å². The molecule has 1 aliphatic heterocycles. The zero-order valence-electron chi connectivity index (χ0n) is 16.1. The Morgan fingerprint density at radius 3 is 2.50 bits per heavy atom. The zero-order valence-corrected chi connectivity index (χ0v) is 16.9. The van der Waals surface area contributed by atoms with Crippen molar-refractivity contribution in [3.8, 4) is 0 Å². The molecule has 1 heterocycles. The molecule has 1 fully saturated rings. The molecule has 1 saturated heterocycles. The first-order chi connectivity index (χ1) is 12.4. The number of halogens is 1. The average Bonchev–Trinajstić information content (AvgIpc) is 3.10. The fourth-order valence-electron chi connectivity index (χ4n) is 3.48. The number of aliphatic hydroxyl groups excluding tert-OH is 1. The van der Waals surface area contributed by atoms with Crippen molar-refractivity contribution in [1.82, 2.24) is 15.1 Å². The van der Waals surface area contributed by atoms with Crippen LogP contribution in [0.1, 0.15) is 45.2 Å². The summed E-state index contributed by atoms with van der Waals surface area (Å²) < 4.78 is 0. The van der Waals surface area contributed by atoms with E-state index in [1.54, 1.807) is 6.92 Å². The molecule has 0 aromatic heterocycles. The van der Waals surface area contributed by atoms with Crippen LogP contribution in [-0.4, -0.2) is 65.7 Å². The van der Waals surface area contributed by atoms with Gasteiger partial charge in [0.05, 0.1) is 18.7 Å². The predicted octanol–water partition coefficient (Wildman–Crippen LogP) is 2.68. The Labute approximate surface area is 162 Å². The normalized spacial score (nSPS) is 17.7. The van der Waals surface area contributed by atoms with Crippen LogP contribution in [0.3, 0.4) is 0 Å². The third-order valence-corrected chi connectivity index (χ3v) is 5.26. The second-order valence-corrected chi connectivity index (χ2v) is 7.86. The molecule has 6 heteroatoms. The van der Waals surface area contributed by atoms with Crippen molar-refractivity contribution in [3.63, 3.8) is 0 Å². The number of nitrogens with one attached hydrogen (secondary N) is 1. The lowest BCUT2D eigenvalue weighted by molar-refractivity contribution is -0.123.